The molecule has 1 fully saturated rings. The Morgan fingerprint density at radius 3 is 2.53 bits per heavy atom. The molecule has 1 N–H and O–H groups in total. The van der Waals surface area contributed by atoms with Gasteiger partial charge in [0.2, 0.25) is 0 Å². The predicted octanol–water partition coefficient (Wildman–Crippen LogP) is 5.12. The van der Waals surface area contributed by atoms with Crippen LogP contribution < -0.4 is 10.2 Å². The van der Waals surface area contributed by atoms with Gasteiger partial charge in [-0.05, 0) is 42.0 Å². The van der Waals surface area contributed by atoms with Crippen LogP contribution in [0.2, 0.25) is 0 Å². The van der Waals surface area contributed by atoms with Gasteiger partial charge in [0, 0.05) is 44.9 Å². The molecule has 156 valence electrons. The molecule has 1 unspecified atom stereocenters. The van der Waals surface area contributed by atoms with Gasteiger partial charge in [-0.25, -0.2) is 4.79 Å². The first-order valence-electron chi connectivity index (χ1n) is 10.5. The molecule has 4 rings (SSSR count). The van der Waals surface area contributed by atoms with Gasteiger partial charge in [0.1, 0.15) is 0 Å². The summed E-state index contributed by atoms with van der Waals surface area (Å²) >= 11 is 0. The summed E-state index contributed by atoms with van der Waals surface area (Å²) in [6.07, 6.45) is 2.16. The Labute approximate surface area is 178 Å². The van der Waals surface area contributed by atoms with Crippen molar-refractivity contribution in [2.75, 3.05) is 37.5 Å². The first-order chi connectivity index (χ1) is 14.6. The molecule has 0 saturated carbocycles. The lowest BCUT2D eigenvalue weighted by atomic mass is 10.1. The highest BCUT2D eigenvalue weighted by Crippen LogP contribution is 2.24. The van der Waals surface area contributed by atoms with E-state index in [1.54, 1.807) is 0 Å². The zero-order valence-corrected chi connectivity index (χ0v) is 17.7. The Morgan fingerprint density at radius 1 is 1.03 bits per heavy atom. The molecule has 30 heavy (non-hydrogen) atoms. The van der Waals surface area contributed by atoms with Crippen LogP contribution in [0.3, 0.4) is 0 Å². The number of hydrogen-bond acceptors (Lipinski definition) is 3. The van der Waals surface area contributed by atoms with E-state index in [1.165, 1.54) is 0 Å². The van der Waals surface area contributed by atoms with Crippen LogP contribution in [0.15, 0.2) is 66.7 Å². The molecule has 5 nitrogen and oxygen atoms in total. The largest absolute Gasteiger partial charge is 0.378 e. The summed E-state index contributed by atoms with van der Waals surface area (Å²) in [5.74, 6) is 0. The zero-order chi connectivity index (χ0) is 20.9. The van der Waals surface area contributed by atoms with Crippen molar-refractivity contribution in [3.8, 4) is 0 Å². The summed E-state index contributed by atoms with van der Waals surface area (Å²) in [6, 6.07) is 22.3. The number of carbonyl (C=O) groups excluding carboxylic acids is 1. The van der Waals surface area contributed by atoms with Gasteiger partial charge in [0.15, 0.2) is 0 Å². The van der Waals surface area contributed by atoms with Gasteiger partial charge < -0.3 is 19.9 Å². The number of anilines is 2. The molecule has 0 aliphatic carbocycles. The van der Waals surface area contributed by atoms with Crippen LogP contribution in [0.5, 0.6) is 0 Å². The molecule has 3 aromatic rings. The maximum absolute atomic E-state index is 13.3. The van der Waals surface area contributed by atoms with Gasteiger partial charge in [0.05, 0.1) is 11.8 Å². The molecule has 0 radical (unpaired) electrons. The van der Waals surface area contributed by atoms with E-state index in [2.05, 4.69) is 46.6 Å². The smallest absolute Gasteiger partial charge is 0.322 e. The van der Waals surface area contributed by atoms with Gasteiger partial charge in [-0.1, -0.05) is 48.5 Å². The second-order valence-corrected chi connectivity index (χ2v) is 8.03. The van der Waals surface area contributed by atoms with Crippen molar-refractivity contribution in [2.24, 2.45) is 0 Å². The van der Waals surface area contributed by atoms with Crippen molar-refractivity contribution in [1.29, 1.82) is 0 Å². The number of ether oxygens (including phenoxy) is 1. The summed E-state index contributed by atoms with van der Waals surface area (Å²) in [4.78, 5) is 17.2. The van der Waals surface area contributed by atoms with E-state index in [-0.39, 0.29) is 12.1 Å². The first-order valence-corrected chi connectivity index (χ1v) is 10.5. The molecule has 5 heteroatoms. The van der Waals surface area contributed by atoms with Gasteiger partial charge in [-0.15, -0.1) is 0 Å². The van der Waals surface area contributed by atoms with Crippen LogP contribution in [0.1, 0.15) is 18.4 Å². The van der Waals surface area contributed by atoms with E-state index in [0.29, 0.717) is 13.1 Å². The van der Waals surface area contributed by atoms with Crippen molar-refractivity contribution in [3.05, 3.63) is 72.3 Å². The fourth-order valence-electron chi connectivity index (χ4n) is 3.90. The summed E-state index contributed by atoms with van der Waals surface area (Å²) in [5.41, 5.74) is 3.08. The Hall–Kier alpha value is -3.05. The Kier molecular flexibility index (Phi) is 6.19. The van der Waals surface area contributed by atoms with Crippen molar-refractivity contribution in [3.63, 3.8) is 0 Å². The minimum atomic E-state index is -0.0986. The summed E-state index contributed by atoms with van der Waals surface area (Å²) in [6.45, 7) is 1.91. The molecule has 0 aromatic heterocycles. The molecule has 0 spiro atoms. The van der Waals surface area contributed by atoms with Crippen LogP contribution in [0, 0.1) is 0 Å². The third-order valence-electron chi connectivity index (χ3n) is 5.59. The maximum Gasteiger partial charge on any atom is 0.322 e. The van der Waals surface area contributed by atoms with Crippen molar-refractivity contribution in [2.45, 2.75) is 25.5 Å². The SMILES string of the molecule is CN(C)c1ccc(CN(CC2CCCO2)C(=O)Nc2cccc3ccccc23)cc1. The van der Waals surface area contributed by atoms with Crippen LogP contribution in [-0.4, -0.2) is 44.3 Å². The van der Waals surface area contributed by atoms with Gasteiger partial charge in [-0.2, -0.15) is 0 Å². The molecular formula is C25H29N3O2. The molecule has 1 heterocycles. The maximum atomic E-state index is 13.3. The normalized spacial score (nSPS) is 15.9. The van der Waals surface area contributed by atoms with Gasteiger partial charge in [0.25, 0.3) is 0 Å². The minimum absolute atomic E-state index is 0.0986. The fraction of sp³-hybridized carbons (Fsp3) is 0.320. The van der Waals surface area contributed by atoms with Gasteiger partial charge in [-0.3, -0.25) is 0 Å². The van der Waals surface area contributed by atoms with E-state index in [0.717, 1.165) is 47.2 Å². The Bertz CT molecular complexity index is 989. The minimum Gasteiger partial charge on any atom is -0.378 e. The third kappa shape index (κ3) is 4.74. The molecule has 2 amide bonds. The molecule has 1 aliphatic heterocycles. The highest BCUT2D eigenvalue weighted by atomic mass is 16.5. The summed E-state index contributed by atoms with van der Waals surface area (Å²) < 4.78 is 5.81. The Balaban J connectivity index is 1.54. The van der Waals surface area contributed by atoms with Crippen molar-refractivity contribution in [1.82, 2.24) is 4.90 Å². The van der Waals surface area contributed by atoms with Gasteiger partial charge >= 0.3 is 6.03 Å². The Morgan fingerprint density at radius 2 is 1.80 bits per heavy atom. The summed E-state index contributed by atoms with van der Waals surface area (Å²) in [7, 11) is 4.05. The van der Waals surface area contributed by atoms with E-state index < -0.39 is 0 Å². The van der Waals surface area contributed by atoms with E-state index in [4.69, 9.17) is 4.74 Å². The molecule has 1 aliphatic rings. The standard InChI is InChI=1S/C25H29N3O2/c1-27(2)21-14-12-19(13-15-21)17-28(18-22-9-6-16-30-22)25(29)26-24-11-5-8-20-7-3-4-10-23(20)24/h3-5,7-8,10-15,22H,6,9,16-18H2,1-2H3,(H,26,29). The van der Waals surface area contributed by atoms with Crippen LogP contribution >= 0.6 is 0 Å². The zero-order valence-electron chi connectivity index (χ0n) is 17.7. The van der Waals surface area contributed by atoms with E-state index in [9.17, 15) is 4.79 Å². The number of nitrogens with zero attached hydrogens (tertiary/aromatic N) is 2. The molecule has 1 atom stereocenters. The number of amides is 2. The average molecular weight is 404 g/mol. The predicted molar refractivity (Wildman–Crippen MR) is 123 cm³/mol. The summed E-state index contributed by atoms with van der Waals surface area (Å²) in [5, 5.41) is 5.29. The highest BCUT2D eigenvalue weighted by Gasteiger charge is 2.23. The van der Waals surface area contributed by atoms with Crippen LogP contribution in [-0.2, 0) is 11.3 Å². The monoisotopic (exact) mass is 403 g/mol. The first kappa shape index (κ1) is 20.2. The fourth-order valence-corrected chi connectivity index (χ4v) is 3.90. The number of carbonyl (C=O) groups is 1. The average Bonchev–Trinajstić information content (AvgIpc) is 3.27. The quantitative estimate of drug-likeness (QED) is 0.621. The lowest BCUT2D eigenvalue weighted by Gasteiger charge is -2.26. The van der Waals surface area contributed by atoms with Crippen molar-refractivity contribution < 1.29 is 9.53 Å². The third-order valence-corrected chi connectivity index (χ3v) is 5.59. The molecular weight excluding hydrogens is 374 g/mol. The molecule has 1 saturated heterocycles. The number of fused-ring (bicyclic) bond motifs is 1. The number of urea groups is 1. The second-order valence-electron chi connectivity index (χ2n) is 8.03. The number of nitrogens with one attached hydrogen (secondary N) is 1. The lowest BCUT2D eigenvalue weighted by molar-refractivity contribution is 0.0819. The molecule has 3 aromatic carbocycles. The lowest BCUT2D eigenvalue weighted by Crippen LogP contribution is -2.39. The van der Waals surface area contributed by atoms with Crippen LogP contribution in [0.4, 0.5) is 16.2 Å². The number of rotatable bonds is 6. The van der Waals surface area contributed by atoms with E-state index >= 15 is 0 Å². The number of benzene rings is 3. The number of hydrogen-bond donors (Lipinski definition) is 1. The second kappa shape index (κ2) is 9.18. The topological polar surface area (TPSA) is 44.8 Å². The molecule has 0 bridgehead atoms. The van der Waals surface area contributed by atoms with Crippen LogP contribution in [0.25, 0.3) is 10.8 Å². The highest BCUT2D eigenvalue weighted by molar-refractivity contribution is 6.01. The van der Waals surface area contributed by atoms with E-state index in [1.807, 2.05) is 49.3 Å². The van der Waals surface area contributed by atoms with Crippen molar-refractivity contribution >= 4 is 28.2 Å².